The molecule has 2 aromatic rings. The summed E-state index contributed by atoms with van der Waals surface area (Å²) in [5.74, 6) is 0.192. The lowest BCUT2D eigenvalue weighted by Gasteiger charge is -2.19. The molecule has 7 nitrogen and oxygen atoms in total. The number of nitrogens with two attached hydrogens (primary N) is 1. The number of nitrogens with zero attached hydrogens (tertiary/aromatic N) is 4. The van der Waals surface area contributed by atoms with Crippen molar-refractivity contribution < 1.29 is 4.79 Å². The second-order valence-electron chi connectivity index (χ2n) is 4.89. The average Bonchev–Trinajstić information content (AvgIpc) is 2.89. The Morgan fingerprint density at radius 3 is 2.87 bits per heavy atom. The Balaban J connectivity index is 2.26. The van der Waals surface area contributed by atoms with Gasteiger partial charge in [-0.2, -0.15) is 5.26 Å². The predicted octanol–water partition coefficient (Wildman–Crippen LogP) is 2.37. The van der Waals surface area contributed by atoms with E-state index in [0.717, 1.165) is 11.3 Å². The summed E-state index contributed by atoms with van der Waals surface area (Å²) in [4.78, 5) is 12.7. The minimum absolute atomic E-state index is 0.164. The van der Waals surface area contributed by atoms with Crippen LogP contribution in [0.3, 0.4) is 0 Å². The number of hydrogen-bond donors (Lipinski definition) is 2. The number of aryl methyl sites for hydroxylation is 1. The second kappa shape index (κ2) is 7.65. The van der Waals surface area contributed by atoms with E-state index >= 15 is 0 Å². The van der Waals surface area contributed by atoms with E-state index in [2.05, 4.69) is 15.5 Å². The van der Waals surface area contributed by atoms with Gasteiger partial charge in [0.2, 0.25) is 11.9 Å². The molecule has 2 rings (SSSR count). The number of rotatable bonds is 6. The Kier molecular flexibility index (Phi) is 5.60. The van der Waals surface area contributed by atoms with Crippen molar-refractivity contribution in [2.75, 3.05) is 16.8 Å². The van der Waals surface area contributed by atoms with Crippen LogP contribution in [0.5, 0.6) is 0 Å². The summed E-state index contributed by atoms with van der Waals surface area (Å²) in [6.45, 7) is 3.82. The number of para-hydroxylation sites is 1. The number of aromatic nitrogens is 3. The van der Waals surface area contributed by atoms with Gasteiger partial charge in [-0.25, -0.2) is 0 Å². The van der Waals surface area contributed by atoms with Crippen LogP contribution in [0.4, 0.5) is 11.6 Å². The maximum absolute atomic E-state index is 12.7. The number of nitrogen functional groups attached to an aromatic ring is 1. The zero-order valence-corrected chi connectivity index (χ0v) is 13.8. The molecule has 1 atom stereocenters. The van der Waals surface area contributed by atoms with E-state index in [-0.39, 0.29) is 17.6 Å². The fraction of sp³-hybridized carbons (Fsp3) is 0.333. The Morgan fingerprint density at radius 1 is 1.48 bits per heavy atom. The van der Waals surface area contributed by atoms with E-state index in [9.17, 15) is 4.79 Å². The number of carbonyl (C=O) groups is 1. The summed E-state index contributed by atoms with van der Waals surface area (Å²) in [5, 5.41) is 19.9. The fourth-order valence-electron chi connectivity index (χ4n) is 2.19. The minimum Gasteiger partial charge on any atom is -0.368 e. The second-order valence-corrected chi connectivity index (χ2v) is 5.83. The Bertz CT molecular complexity index is 736. The van der Waals surface area contributed by atoms with Crippen LogP contribution >= 0.6 is 11.8 Å². The standard InChI is InChI=1S/C15H18N6OS/c1-3-12(13(22)18-11-7-5-4-6-10(11)2)21-14(17)19-20-15(21)23-9-8-16/h4-7,12H,3,9H2,1-2H3,(H2,17,19)(H,18,22). The molecule has 1 heterocycles. The van der Waals surface area contributed by atoms with Gasteiger partial charge in [-0.15, -0.1) is 10.2 Å². The molecule has 0 fully saturated rings. The van der Waals surface area contributed by atoms with Crippen molar-refractivity contribution in [2.45, 2.75) is 31.5 Å². The van der Waals surface area contributed by atoms with Gasteiger partial charge in [-0.1, -0.05) is 36.9 Å². The largest absolute Gasteiger partial charge is 0.368 e. The van der Waals surface area contributed by atoms with Gasteiger partial charge in [0.25, 0.3) is 0 Å². The van der Waals surface area contributed by atoms with Crippen LogP contribution in [-0.4, -0.2) is 26.4 Å². The van der Waals surface area contributed by atoms with E-state index < -0.39 is 6.04 Å². The van der Waals surface area contributed by atoms with Gasteiger partial charge in [0, 0.05) is 5.69 Å². The summed E-state index contributed by atoms with van der Waals surface area (Å²) in [5.41, 5.74) is 7.60. The van der Waals surface area contributed by atoms with Gasteiger partial charge in [0.15, 0.2) is 5.16 Å². The highest BCUT2D eigenvalue weighted by Gasteiger charge is 2.25. The molecule has 0 radical (unpaired) electrons. The monoisotopic (exact) mass is 330 g/mol. The molecule has 1 amide bonds. The Morgan fingerprint density at radius 2 is 2.22 bits per heavy atom. The van der Waals surface area contributed by atoms with Gasteiger partial charge < -0.3 is 11.1 Å². The van der Waals surface area contributed by atoms with E-state index in [1.165, 1.54) is 11.8 Å². The third-order valence-corrected chi connectivity index (χ3v) is 4.17. The molecule has 0 aliphatic rings. The minimum atomic E-state index is -0.536. The number of amides is 1. The highest BCUT2D eigenvalue weighted by Crippen LogP contribution is 2.26. The molecule has 120 valence electrons. The van der Waals surface area contributed by atoms with Crippen molar-refractivity contribution in [3.63, 3.8) is 0 Å². The number of benzene rings is 1. The summed E-state index contributed by atoms with van der Waals surface area (Å²) in [6.07, 6.45) is 0.528. The third kappa shape index (κ3) is 3.81. The molecule has 0 saturated carbocycles. The third-order valence-electron chi connectivity index (χ3n) is 3.36. The lowest BCUT2D eigenvalue weighted by molar-refractivity contribution is -0.119. The quantitative estimate of drug-likeness (QED) is 0.787. The van der Waals surface area contributed by atoms with Crippen LogP contribution in [0.1, 0.15) is 24.9 Å². The molecule has 0 saturated heterocycles. The van der Waals surface area contributed by atoms with Crippen LogP contribution in [-0.2, 0) is 4.79 Å². The topological polar surface area (TPSA) is 110 Å². The molecule has 0 aliphatic heterocycles. The number of thioether (sulfide) groups is 1. The zero-order chi connectivity index (χ0) is 16.8. The average molecular weight is 330 g/mol. The van der Waals surface area contributed by atoms with E-state index in [1.54, 1.807) is 4.57 Å². The first-order chi connectivity index (χ1) is 11.1. The normalized spacial score (nSPS) is 11.7. The van der Waals surface area contributed by atoms with Crippen molar-refractivity contribution in [1.29, 1.82) is 5.26 Å². The van der Waals surface area contributed by atoms with Crippen LogP contribution in [0.2, 0.25) is 0 Å². The maximum atomic E-state index is 12.7. The van der Waals surface area contributed by atoms with Gasteiger partial charge in [-0.05, 0) is 25.0 Å². The number of nitrogens with one attached hydrogen (secondary N) is 1. The van der Waals surface area contributed by atoms with Crippen molar-refractivity contribution in [3.05, 3.63) is 29.8 Å². The van der Waals surface area contributed by atoms with Crippen LogP contribution in [0, 0.1) is 18.3 Å². The molecule has 1 unspecified atom stereocenters. The van der Waals surface area contributed by atoms with Crippen LogP contribution < -0.4 is 11.1 Å². The molecule has 3 N–H and O–H groups in total. The SMILES string of the molecule is CCC(C(=O)Nc1ccccc1C)n1c(N)nnc1SCC#N. The number of nitriles is 1. The van der Waals surface area contributed by atoms with E-state index in [0.29, 0.717) is 11.6 Å². The Hall–Kier alpha value is -2.53. The number of carbonyl (C=O) groups excluding carboxylic acids is 1. The summed E-state index contributed by atoms with van der Waals surface area (Å²) in [6, 6.07) is 9.05. The van der Waals surface area contributed by atoms with Crippen molar-refractivity contribution in [3.8, 4) is 6.07 Å². The number of hydrogen-bond acceptors (Lipinski definition) is 6. The van der Waals surface area contributed by atoms with Gasteiger partial charge in [0.1, 0.15) is 6.04 Å². The molecule has 1 aromatic carbocycles. The fourth-order valence-corrected chi connectivity index (χ4v) is 2.84. The van der Waals surface area contributed by atoms with Crippen LogP contribution in [0.25, 0.3) is 0 Å². The number of anilines is 2. The van der Waals surface area contributed by atoms with Crippen molar-refractivity contribution >= 4 is 29.3 Å². The maximum Gasteiger partial charge on any atom is 0.247 e. The summed E-state index contributed by atoms with van der Waals surface area (Å²) in [7, 11) is 0. The Labute approximate surface area is 138 Å². The van der Waals surface area contributed by atoms with E-state index in [4.69, 9.17) is 11.0 Å². The molecular weight excluding hydrogens is 312 g/mol. The lowest BCUT2D eigenvalue weighted by Crippen LogP contribution is -2.27. The molecular formula is C15H18N6OS. The van der Waals surface area contributed by atoms with Crippen molar-refractivity contribution in [2.24, 2.45) is 0 Å². The molecule has 1 aromatic heterocycles. The molecule has 23 heavy (non-hydrogen) atoms. The smallest absolute Gasteiger partial charge is 0.247 e. The summed E-state index contributed by atoms with van der Waals surface area (Å²) >= 11 is 1.21. The summed E-state index contributed by atoms with van der Waals surface area (Å²) < 4.78 is 1.58. The van der Waals surface area contributed by atoms with Gasteiger partial charge in [0.05, 0.1) is 11.8 Å². The molecule has 8 heteroatoms. The lowest BCUT2D eigenvalue weighted by atomic mass is 10.1. The molecule has 0 bridgehead atoms. The van der Waals surface area contributed by atoms with Crippen LogP contribution in [0.15, 0.2) is 29.4 Å². The first kappa shape index (κ1) is 16.8. The molecule has 0 spiro atoms. The van der Waals surface area contributed by atoms with Gasteiger partial charge >= 0.3 is 0 Å². The predicted molar refractivity (Wildman–Crippen MR) is 89.9 cm³/mol. The molecule has 0 aliphatic carbocycles. The first-order valence-corrected chi connectivity index (χ1v) is 8.13. The highest BCUT2D eigenvalue weighted by molar-refractivity contribution is 7.99. The highest BCUT2D eigenvalue weighted by atomic mass is 32.2. The van der Waals surface area contributed by atoms with Gasteiger partial charge in [-0.3, -0.25) is 9.36 Å². The zero-order valence-electron chi connectivity index (χ0n) is 13.0. The first-order valence-electron chi connectivity index (χ1n) is 7.15. The van der Waals surface area contributed by atoms with Crippen molar-refractivity contribution in [1.82, 2.24) is 14.8 Å². The van der Waals surface area contributed by atoms with E-state index in [1.807, 2.05) is 44.2 Å².